The molecule has 0 heterocycles. The van der Waals surface area contributed by atoms with E-state index >= 15 is 0 Å². The van der Waals surface area contributed by atoms with Crippen LogP contribution in [-0.4, -0.2) is 33.7 Å². The zero-order valence-corrected chi connectivity index (χ0v) is 18.1. The van der Waals surface area contributed by atoms with E-state index in [0.717, 1.165) is 38.5 Å². The fraction of sp³-hybridized carbons (Fsp3) is 0.826. The second-order valence-corrected chi connectivity index (χ2v) is 8.16. The summed E-state index contributed by atoms with van der Waals surface area (Å²) < 4.78 is 0. The Bertz CT molecular complexity index is 486. The lowest BCUT2D eigenvalue weighted by molar-refractivity contribution is -0.144. The second-order valence-electron chi connectivity index (χ2n) is 8.16. The largest absolute Gasteiger partial charge is 0.481 e. The summed E-state index contributed by atoms with van der Waals surface area (Å²) in [5.41, 5.74) is 0. The van der Waals surface area contributed by atoms with Gasteiger partial charge in [-0.15, -0.1) is 0 Å². The summed E-state index contributed by atoms with van der Waals surface area (Å²) in [7, 11) is 0. The first kappa shape index (κ1) is 27.3. The Hall–Kier alpha value is -1.72. The summed E-state index contributed by atoms with van der Waals surface area (Å²) in [5.74, 6) is -2.48. The van der Waals surface area contributed by atoms with Gasteiger partial charge in [-0.2, -0.15) is 0 Å². The smallest absolute Gasteiger partial charge is 0.306 e. The number of carbonyl (C=O) groups excluding carboxylic acids is 2. The first-order valence-corrected chi connectivity index (χ1v) is 11.3. The lowest BCUT2D eigenvalue weighted by Crippen LogP contribution is -2.18. The van der Waals surface area contributed by atoms with Crippen molar-refractivity contribution in [3.8, 4) is 0 Å². The number of ketones is 2. The standard InChI is InChI=1S/C23H40O6/c1-19(24)16-17-20(23(28)29)18-21(25)14-12-10-8-6-4-2-3-5-7-9-11-13-15-22(26)27/h20H,2-18H2,1H3,(H,26,27)(H,28,29)/t20-/m1/s1. The number of carboxylic acids is 2. The average Bonchev–Trinajstić information content (AvgIpc) is 2.64. The number of hydrogen-bond donors (Lipinski definition) is 2. The summed E-state index contributed by atoms with van der Waals surface area (Å²) in [6.45, 7) is 1.44. The molecule has 2 N–H and O–H groups in total. The third kappa shape index (κ3) is 19.4. The molecule has 0 saturated carbocycles. The molecule has 0 aliphatic carbocycles. The Morgan fingerprint density at radius 2 is 1.03 bits per heavy atom. The van der Waals surface area contributed by atoms with Crippen molar-refractivity contribution in [2.75, 3.05) is 0 Å². The molecular weight excluding hydrogens is 372 g/mol. The average molecular weight is 413 g/mol. The third-order valence-electron chi connectivity index (χ3n) is 5.26. The SMILES string of the molecule is CC(=O)CC[C@H](CC(=O)CCCCCCCCCCCCCCC(=O)O)C(=O)O. The number of rotatable bonds is 21. The van der Waals surface area contributed by atoms with Crippen LogP contribution in [0.25, 0.3) is 0 Å². The lowest BCUT2D eigenvalue weighted by Gasteiger charge is -2.10. The minimum Gasteiger partial charge on any atom is -0.481 e. The van der Waals surface area contributed by atoms with E-state index in [1.807, 2.05) is 0 Å². The maximum Gasteiger partial charge on any atom is 0.306 e. The fourth-order valence-corrected chi connectivity index (χ4v) is 3.43. The Morgan fingerprint density at radius 3 is 1.41 bits per heavy atom. The first-order valence-electron chi connectivity index (χ1n) is 11.3. The molecule has 0 bridgehead atoms. The molecule has 6 nitrogen and oxygen atoms in total. The van der Waals surface area contributed by atoms with E-state index in [4.69, 9.17) is 10.2 Å². The Morgan fingerprint density at radius 1 is 0.621 bits per heavy atom. The van der Waals surface area contributed by atoms with Crippen molar-refractivity contribution in [2.24, 2.45) is 5.92 Å². The van der Waals surface area contributed by atoms with Crippen LogP contribution in [0.15, 0.2) is 0 Å². The van der Waals surface area contributed by atoms with Gasteiger partial charge in [-0.3, -0.25) is 14.4 Å². The molecule has 0 spiro atoms. The zero-order chi connectivity index (χ0) is 21.9. The van der Waals surface area contributed by atoms with Crippen LogP contribution in [0.5, 0.6) is 0 Å². The van der Waals surface area contributed by atoms with Gasteiger partial charge in [0.2, 0.25) is 0 Å². The van der Waals surface area contributed by atoms with E-state index in [2.05, 4.69) is 0 Å². The van der Waals surface area contributed by atoms with Crippen molar-refractivity contribution in [1.82, 2.24) is 0 Å². The minimum atomic E-state index is -0.986. The molecule has 0 unspecified atom stereocenters. The molecule has 6 heteroatoms. The molecule has 0 fully saturated rings. The molecule has 0 aromatic rings. The number of hydrogen-bond acceptors (Lipinski definition) is 4. The molecule has 0 aromatic carbocycles. The van der Waals surface area contributed by atoms with E-state index < -0.39 is 17.9 Å². The first-order chi connectivity index (χ1) is 13.8. The highest BCUT2D eigenvalue weighted by atomic mass is 16.4. The summed E-state index contributed by atoms with van der Waals surface area (Å²) in [4.78, 5) is 44.5. The third-order valence-corrected chi connectivity index (χ3v) is 5.26. The molecule has 0 rings (SSSR count). The van der Waals surface area contributed by atoms with Crippen LogP contribution in [-0.2, 0) is 19.2 Å². The maximum absolute atomic E-state index is 12.0. The van der Waals surface area contributed by atoms with Crippen LogP contribution < -0.4 is 0 Å². The zero-order valence-electron chi connectivity index (χ0n) is 18.1. The monoisotopic (exact) mass is 412 g/mol. The highest BCUT2D eigenvalue weighted by Crippen LogP contribution is 2.16. The Kier molecular flexibility index (Phi) is 17.2. The number of unbranched alkanes of at least 4 members (excludes halogenated alkanes) is 11. The molecule has 0 aliphatic rings. The van der Waals surface area contributed by atoms with Crippen LogP contribution in [0, 0.1) is 5.92 Å². The van der Waals surface area contributed by atoms with Crippen LogP contribution in [0.2, 0.25) is 0 Å². The van der Waals surface area contributed by atoms with Gasteiger partial charge in [-0.1, -0.05) is 64.2 Å². The summed E-state index contributed by atoms with van der Waals surface area (Å²) in [5, 5.41) is 17.7. The molecule has 0 amide bonds. The van der Waals surface area contributed by atoms with Gasteiger partial charge in [-0.05, 0) is 26.2 Å². The maximum atomic E-state index is 12.0. The van der Waals surface area contributed by atoms with Crippen LogP contribution in [0.1, 0.15) is 116 Å². The lowest BCUT2D eigenvalue weighted by atomic mass is 9.94. The Balaban J connectivity index is 3.48. The van der Waals surface area contributed by atoms with Crippen molar-refractivity contribution in [2.45, 2.75) is 116 Å². The van der Waals surface area contributed by atoms with E-state index in [1.165, 1.54) is 45.4 Å². The highest BCUT2D eigenvalue weighted by Gasteiger charge is 2.21. The van der Waals surface area contributed by atoms with Crippen LogP contribution >= 0.6 is 0 Å². The summed E-state index contributed by atoms with van der Waals surface area (Å²) in [6.07, 6.45) is 14.3. The van der Waals surface area contributed by atoms with Gasteiger partial charge < -0.3 is 15.0 Å². The van der Waals surface area contributed by atoms with Gasteiger partial charge in [-0.25, -0.2) is 0 Å². The normalized spacial score (nSPS) is 11.9. The second kappa shape index (κ2) is 18.3. The van der Waals surface area contributed by atoms with Gasteiger partial charge in [0.1, 0.15) is 11.6 Å². The highest BCUT2D eigenvalue weighted by molar-refractivity contribution is 5.84. The van der Waals surface area contributed by atoms with Gasteiger partial charge in [0.05, 0.1) is 5.92 Å². The predicted molar refractivity (Wildman–Crippen MR) is 113 cm³/mol. The number of Topliss-reactive ketones (excluding diaryl/α,β-unsaturated/α-hetero) is 2. The van der Waals surface area contributed by atoms with Gasteiger partial charge in [0, 0.05) is 25.7 Å². The topological polar surface area (TPSA) is 109 Å². The summed E-state index contributed by atoms with van der Waals surface area (Å²) in [6, 6.07) is 0. The molecule has 0 aromatic heterocycles. The molecule has 0 aliphatic heterocycles. The molecule has 0 radical (unpaired) electrons. The van der Waals surface area contributed by atoms with Crippen LogP contribution in [0.3, 0.4) is 0 Å². The van der Waals surface area contributed by atoms with E-state index in [1.54, 1.807) is 0 Å². The summed E-state index contributed by atoms with van der Waals surface area (Å²) >= 11 is 0. The van der Waals surface area contributed by atoms with E-state index in [-0.39, 0.29) is 37.2 Å². The van der Waals surface area contributed by atoms with Crippen molar-refractivity contribution < 1.29 is 29.4 Å². The molecule has 168 valence electrons. The van der Waals surface area contributed by atoms with Gasteiger partial charge >= 0.3 is 11.9 Å². The van der Waals surface area contributed by atoms with E-state index in [9.17, 15) is 19.2 Å². The molecule has 0 saturated heterocycles. The quantitative estimate of drug-likeness (QED) is 0.239. The van der Waals surface area contributed by atoms with Crippen molar-refractivity contribution in [1.29, 1.82) is 0 Å². The van der Waals surface area contributed by atoms with Gasteiger partial charge in [0.25, 0.3) is 0 Å². The van der Waals surface area contributed by atoms with Crippen LogP contribution in [0.4, 0.5) is 0 Å². The fourth-order valence-electron chi connectivity index (χ4n) is 3.43. The Labute approximate surface area is 175 Å². The molecular formula is C23H40O6. The van der Waals surface area contributed by atoms with Crippen molar-refractivity contribution in [3.05, 3.63) is 0 Å². The molecule has 29 heavy (non-hydrogen) atoms. The van der Waals surface area contributed by atoms with Crippen molar-refractivity contribution in [3.63, 3.8) is 0 Å². The van der Waals surface area contributed by atoms with E-state index in [0.29, 0.717) is 6.42 Å². The minimum absolute atomic E-state index is 0.00990. The number of aliphatic carboxylic acids is 2. The van der Waals surface area contributed by atoms with Gasteiger partial charge in [0.15, 0.2) is 0 Å². The predicted octanol–water partition coefficient (Wildman–Crippen LogP) is 5.56. The van der Waals surface area contributed by atoms with Crippen molar-refractivity contribution >= 4 is 23.5 Å². The number of carbonyl (C=O) groups is 4. The number of carboxylic acid groups (broad SMARTS) is 2. The molecule has 1 atom stereocenters.